The third-order valence-corrected chi connectivity index (χ3v) is 2.58. The van der Waals surface area contributed by atoms with Gasteiger partial charge in [-0.05, 0) is 19.9 Å². The first-order chi connectivity index (χ1) is 8.73. The van der Waals surface area contributed by atoms with Gasteiger partial charge in [0.1, 0.15) is 5.82 Å². The number of carbonyl (C=O) groups is 1. The van der Waals surface area contributed by atoms with Crippen molar-refractivity contribution in [2.45, 2.75) is 32.2 Å². The van der Waals surface area contributed by atoms with Crippen LogP contribution in [0.2, 0.25) is 0 Å². The molecule has 0 heterocycles. The molecule has 1 aromatic carbocycles. The molecule has 0 fully saturated rings. The van der Waals surface area contributed by atoms with E-state index >= 15 is 0 Å². The molecule has 106 valence electrons. The molecule has 0 aliphatic carbocycles. The number of benzene rings is 1. The molecule has 0 radical (unpaired) electrons. The molecule has 0 aromatic heterocycles. The molecule has 19 heavy (non-hydrogen) atoms. The van der Waals surface area contributed by atoms with E-state index in [4.69, 9.17) is 9.84 Å². The van der Waals surface area contributed by atoms with E-state index in [1.165, 1.54) is 13.8 Å². The van der Waals surface area contributed by atoms with E-state index in [1.807, 2.05) is 0 Å². The monoisotopic (exact) mass is 278 g/mol. The van der Waals surface area contributed by atoms with Gasteiger partial charge in [-0.2, -0.15) is 0 Å². The van der Waals surface area contributed by atoms with Crippen LogP contribution in [0.1, 0.15) is 25.5 Å². The third-order valence-electron chi connectivity index (χ3n) is 2.58. The van der Waals surface area contributed by atoms with Crippen molar-refractivity contribution in [3.05, 3.63) is 35.1 Å². The number of rotatable bonds is 5. The second-order valence-corrected chi connectivity index (χ2v) is 4.09. The second-order valence-electron chi connectivity index (χ2n) is 4.09. The third kappa shape index (κ3) is 3.68. The van der Waals surface area contributed by atoms with Crippen LogP contribution in [0.4, 0.5) is 13.2 Å². The van der Waals surface area contributed by atoms with Gasteiger partial charge in [0, 0.05) is 11.6 Å². The summed E-state index contributed by atoms with van der Waals surface area (Å²) in [5.74, 6) is -5.61. The zero-order valence-electron chi connectivity index (χ0n) is 10.2. The Hall–Kier alpha value is -1.60. The molecule has 4 nitrogen and oxygen atoms in total. The first-order valence-electron chi connectivity index (χ1n) is 5.44. The number of aliphatic hydroxyl groups is 1. The zero-order chi connectivity index (χ0) is 14.7. The van der Waals surface area contributed by atoms with Gasteiger partial charge < -0.3 is 14.9 Å². The van der Waals surface area contributed by atoms with Crippen molar-refractivity contribution in [3.8, 4) is 0 Å². The Morgan fingerprint density at radius 3 is 2.16 bits per heavy atom. The number of carboxylic acids is 1. The molecule has 7 heteroatoms. The number of ether oxygens (including phenoxy) is 1. The van der Waals surface area contributed by atoms with E-state index in [0.717, 1.165) is 0 Å². The van der Waals surface area contributed by atoms with Crippen molar-refractivity contribution in [1.82, 2.24) is 0 Å². The summed E-state index contributed by atoms with van der Waals surface area (Å²) >= 11 is 0. The number of carboxylic acid groups (broad SMARTS) is 1. The van der Waals surface area contributed by atoms with Gasteiger partial charge in [-0.25, -0.2) is 18.0 Å². The van der Waals surface area contributed by atoms with Gasteiger partial charge in [-0.1, -0.05) is 0 Å². The standard InChI is InChI=1S/C12H13F3O4/c1-5(16)6(2)19-11(12(17)18)7-3-9(14)10(15)4-8(7)13/h3-6,11,16H,1-2H3,(H,17,18). The van der Waals surface area contributed by atoms with E-state index in [0.29, 0.717) is 6.07 Å². The summed E-state index contributed by atoms with van der Waals surface area (Å²) in [7, 11) is 0. The number of aliphatic hydroxyl groups excluding tert-OH is 1. The fourth-order valence-electron chi connectivity index (χ4n) is 1.33. The summed E-state index contributed by atoms with van der Waals surface area (Å²) in [5, 5.41) is 18.2. The van der Waals surface area contributed by atoms with Crippen LogP contribution in [0.25, 0.3) is 0 Å². The zero-order valence-corrected chi connectivity index (χ0v) is 10.2. The van der Waals surface area contributed by atoms with Gasteiger partial charge in [-0.15, -0.1) is 0 Å². The summed E-state index contributed by atoms with van der Waals surface area (Å²) in [4.78, 5) is 11.0. The molecule has 1 aromatic rings. The lowest BCUT2D eigenvalue weighted by Crippen LogP contribution is -2.29. The number of aliphatic carboxylic acids is 1. The molecule has 0 saturated carbocycles. The van der Waals surface area contributed by atoms with Crippen LogP contribution >= 0.6 is 0 Å². The minimum absolute atomic E-state index is 0.247. The van der Waals surface area contributed by atoms with Crippen LogP contribution in [-0.2, 0) is 9.53 Å². The second kappa shape index (κ2) is 6.03. The first-order valence-corrected chi connectivity index (χ1v) is 5.44. The molecule has 3 atom stereocenters. The fourth-order valence-corrected chi connectivity index (χ4v) is 1.33. The van der Waals surface area contributed by atoms with Crippen LogP contribution in [0, 0.1) is 17.5 Å². The predicted octanol–water partition coefficient (Wildman–Crippen LogP) is 2.02. The Labute approximate surface area is 107 Å². The fraction of sp³-hybridized carbons (Fsp3) is 0.417. The van der Waals surface area contributed by atoms with Crippen LogP contribution in [0.15, 0.2) is 12.1 Å². The summed E-state index contributed by atoms with van der Waals surface area (Å²) < 4.78 is 44.2. The highest BCUT2D eigenvalue weighted by molar-refractivity contribution is 5.74. The Morgan fingerprint density at radius 2 is 1.68 bits per heavy atom. The van der Waals surface area contributed by atoms with Crippen LogP contribution < -0.4 is 0 Å². The van der Waals surface area contributed by atoms with E-state index in [1.54, 1.807) is 0 Å². The van der Waals surface area contributed by atoms with E-state index in [2.05, 4.69) is 0 Å². The van der Waals surface area contributed by atoms with Gasteiger partial charge >= 0.3 is 5.97 Å². The van der Waals surface area contributed by atoms with E-state index in [9.17, 15) is 23.1 Å². The quantitative estimate of drug-likeness (QED) is 0.809. The largest absolute Gasteiger partial charge is 0.479 e. The maximum absolute atomic E-state index is 13.5. The van der Waals surface area contributed by atoms with Crippen molar-refractivity contribution >= 4 is 5.97 Å². The maximum Gasteiger partial charge on any atom is 0.337 e. The van der Waals surface area contributed by atoms with Crippen LogP contribution in [-0.4, -0.2) is 28.4 Å². The Bertz CT molecular complexity index is 476. The highest BCUT2D eigenvalue weighted by Crippen LogP contribution is 2.25. The summed E-state index contributed by atoms with van der Waals surface area (Å²) in [6.07, 6.45) is -3.76. The molecule has 0 aliphatic heterocycles. The van der Waals surface area contributed by atoms with Gasteiger partial charge in [0.05, 0.1) is 12.2 Å². The number of halogens is 3. The lowest BCUT2D eigenvalue weighted by Gasteiger charge is -2.22. The topological polar surface area (TPSA) is 66.8 Å². The average Bonchev–Trinajstić information content (AvgIpc) is 2.30. The van der Waals surface area contributed by atoms with Gasteiger partial charge in [-0.3, -0.25) is 0 Å². The minimum atomic E-state index is -1.83. The first kappa shape index (κ1) is 15.5. The van der Waals surface area contributed by atoms with Crippen LogP contribution in [0.5, 0.6) is 0 Å². The van der Waals surface area contributed by atoms with Crippen LogP contribution in [0.3, 0.4) is 0 Å². The highest BCUT2D eigenvalue weighted by atomic mass is 19.2. The Morgan fingerprint density at radius 1 is 1.16 bits per heavy atom. The molecule has 1 rings (SSSR count). The normalized spacial score (nSPS) is 15.9. The summed E-state index contributed by atoms with van der Waals surface area (Å²) in [5.41, 5.74) is -0.640. The Kier molecular flexibility index (Phi) is 4.90. The van der Waals surface area contributed by atoms with Gasteiger partial charge in [0.25, 0.3) is 0 Å². The van der Waals surface area contributed by atoms with Gasteiger partial charge in [0.15, 0.2) is 17.7 Å². The molecular formula is C12H13F3O4. The maximum atomic E-state index is 13.5. The molecule has 0 aliphatic rings. The minimum Gasteiger partial charge on any atom is -0.479 e. The Balaban J connectivity index is 3.13. The smallest absolute Gasteiger partial charge is 0.337 e. The average molecular weight is 278 g/mol. The summed E-state index contributed by atoms with van der Waals surface area (Å²) in [6, 6.07) is 0.676. The van der Waals surface area contributed by atoms with Crippen molar-refractivity contribution in [2.75, 3.05) is 0 Å². The number of hydrogen-bond acceptors (Lipinski definition) is 3. The SMILES string of the molecule is CC(O)C(C)OC(C(=O)O)c1cc(F)c(F)cc1F. The van der Waals surface area contributed by atoms with Crippen molar-refractivity contribution < 1.29 is 32.9 Å². The summed E-state index contributed by atoms with van der Waals surface area (Å²) in [6.45, 7) is 2.73. The van der Waals surface area contributed by atoms with E-state index in [-0.39, 0.29) is 6.07 Å². The lowest BCUT2D eigenvalue weighted by atomic mass is 10.1. The molecule has 3 unspecified atom stereocenters. The molecule has 0 saturated heterocycles. The van der Waals surface area contributed by atoms with E-state index < -0.39 is 47.3 Å². The highest BCUT2D eigenvalue weighted by Gasteiger charge is 2.29. The molecular weight excluding hydrogens is 265 g/mol. The molecule has 0 bridgehead atoms. The van der Waals surface area contributed by atoms with Crippen molar-refractivity contribution in [1.29, 1.82) is 0 Å². The molecule has 2 N–H and O–H groups in total. The van der Waals surface area contributed by atoms with Crippen molar-refractivity contribution in [3.63, 3.8) is 0 Å². The van der Waals surface area contributed by atoms with Gasteiger partial charge in [0.2, 0.25) is 0 Å². The predicted molar refractivity (Wildman–Crippen MR) is 58.9 cm³/mol. The lowest BCUT2D eigenvalue weighted by molar-refractivity contribution is -0.158. The molecule has 0 spiro atoms. The number of hydrogen-bond donors (Lipinski definition) is 2. The van der Waals surface area contributed by atoms with Crippen molar-refractivity contribution in [2.24, 2.45) is 0 Å². The molecule has 0 amide bonds.